The maximum absolute atomic E-state index is 12.5. The molecule has 104 valence electrons. The van der Waals surface area contributed by atoms with Crippen LogP contribution in [0, 0.1) is 0 Å². The molecule has 1 atom stereocenters. The summed E-state index contributed by atoms with van der Waals surface area (Å²) in [4.78, 5) is 18.5. The van der Waals surface area contributed by atoms with Gasteiger partial charge >= 0.3 is 0 Å². The van der Waals surface area contributed by atoms with E-state index in [2.05, 4.69) is 17.2 Å². The van der Waals surface area contributed by atoms with E-state index in [0.29, 0.717) is 30.6 Å². The summed E-state index contributed by atoms with van der Waals surface area (Å²) in [5.41, 5.74) is 0.408. The van der Waals surface area contributed by atoms with Crippen molar-refractivity contribution >= 4 is 5.91 Å². The summed E-state index contributed by atoms with van der Waals surface area (Å²) < 4.78 is 5.66. The van der Waals surface area contributed by atoms with Crippen LogP contribution in [0.15, 0.2) is 18.3 Å². The lowest BCUT2D eigenvalue weighted by Gasteiger charge is -2.32. The van der Waals surface area contributed by atoms with Crippen molar-refractivity contribution < 1.29 is 9.53 Å². The summed E-state index contributed by atoms with van der Waals surface area (Å²) in [6.45, 7) is 8.18. The number of rotatable bonds is 3. The zero-order valence-corrected chi connectivity index (χ0v) is 11.7. The number of pyridine rings is 1. The highest BCUT2D eigenvalue weighted by molar-refractivity contribution is 5.95. The van der Waals surface area contributed by atoms with E-state index in [1.807, 2.05) is 18.7 Å². The van der Waals surface area contributed by atoms with Crippen LogP contribution >= 0.6 is 0 Å². The van der Waals surface area contributed by atoms with Gasteiger partial charge in [-0.05, 0) is 32.9 Å². The molecular formula is C14H21N3O2. The number of piperazine rings is 1. The molecule has 1 aliphatic rings. The minimum Gasteiger partial charge on any atom is -0.489 e. The Morgan fingerprint density at radius 2 is 2.37 bits per heavy atom. The molecule has 0 saturated carbocycles. The van der Waals surface area contributed by atoms with Crippen LogP contribution < -0.4 is 10.1 Å². The van der Waals surface area contributed by atoms with E-state index in [1.54, 1.807) is 18.3 Å². The number of hydrogen-bond donors (Lipinski definition) is 1. The van der Waals surface area contributed by atoms with Crippen molar-refractivity contribution in [3.63, 3.8) is 0 Å². The molecule has 5 nitrogen and oxygen atoms in total. The van der Waals surface area contributed by atoms with Crippen molar-refractivity contribution in [2.75, 3.05) is 19.6 Å². The van der Waals surface area contributed by atoms with Crippen LogP contribution in [-0.4, -0.2) is 47.6 Å². The Morgan fingerprint density at radius 3 is 3.05 bits per heavy atom. The molecular weight excluding hydrogens is 242 g/mol. The molecule has 1 aliphatic heterocycles. The number of hydrogen-bond acceptors (Lipinski definition) is 4. The third-order valence-corrected chi connectivity index (χ3v) is 2.99. The van der Waals surface area contributed by atoms with Crippen LogP contribution in [0.3, 0.4) is 0 Å². The van der Waals surface area contributed by atoms with Crippen LogP contribution in [-0.2, 0) is 0 Å². The fourth-order valence-corrected chi connectivity index (χ4v) is 2.17. The number of nitrogens with zero attached hydrogens (tertiary/aromatic N) is 2. The van der Waals surface area contributed by atoms with Gasteiger partial charge in [0.05, 0.1) is 6.10 Å². The summed E-state index contributed by atoms with van der Waals surface area (Å²) in [6.07, 6.45) is 1.66. The van der Waals surface area contributed by atoms with Crippen LogP contribution in [0.2, 0.25) is 0 Å². The first-order valence-corrected chi connectivity index (χ1v) is 6.72. The van der Waals surface area contributed by atoms with Gasteiger partial charge in [0.25, 0.3) is 5.91 Å². The molecule has 1 saturated heterocycles. The first kappa shape index (κ1) is 13.8. The van der Waals surface area contributed by atoms with Crippen molar-refractivity contribution in [2.24, 2.45) is 0 Å². The number of carbonyl (C=O) groups excluding carboxylic acids is 1. The number of ether oxygens (including phenoxy) is 1. The quantitative estimate of drug-likeness (QED) is 0.893. The number of nitrogens with one attached hydrogen (secondary N) is 1. The summed E-state index contributed by atoms with van der Waals surface area (Å²) in [6, 6.07) is 3.90. The average molecular weight is 263 g/mol. The average Bonchev–Trinajstić information content (AvgIpc) is 2.38. The van der Waals surface area contributed by atoms with Gasteiger partial charge in [0, 0.05) is 31.9 Å². The largest absolute Gasteiger partial charge is 0.489 e. The van der Waals surface area contributed by atoms with Gasteiger partial charge in [-0.25, -0.2) is 4.98 Å². The molecule has 0 radical (unpaired) electrons. The molecule has 1 N–H and O–H groups in total. The SMILES string of the molecule is CC1CN(C(=O)c2ncccc2OC(C)C)CCN1. The number of carbonyl (C=O) groups is 1. The fraction of sp³-hybridized carbons (Fsp3) is 0.571. The molecule has 1 amide bonds. The summed E-state index contributed by atoms with van der Waals surface area (Å²) >= 11 is 0. The van der Waals surface area contributed by atoms with E-state index >= 15 is 0 Å². The van der Waals surface area contributed by atoms with E-state index in [9.17, 15) is 4.79 Å². The molecule has 19 heavy (non-hydrogen) atoms. The second-order valence-electron chi connectivity index (χ2n) is 5.12. The summed E-state index contributed by atoms with van der Waals surface area (Å²) in [7, 11) is 0. The maximum Gasteiger partial charge on any atom is 0.276 e. The highest BCUT2D eigenvalue weighted by atomic mass is 16.5. The lowest BCUT2D eigenvalue weighted by molar-refractivity contribution is 0.0696. The smallest absolute Gasteiger partial charge is 0.276 e. The van der Waals surface area contributed by atoms with E-state index in [0.717, 1.165) is 6.54 Å². The molecule has 2 heterocycles. The fourth-order valence-electron chi connectivity index (χ4n) is 2.17. The topological polar surface area (TPSA) is 54.5 Å². The van der Waals surface area contributed by atoms with Gasteiger partial charge in [-0.1, -0.05) is 0 Å². The normalized spacial score (nSPS) is 19.6. The third-order valence-electron chi connectivity index (χ3n) is 2.99. The van der Waals surface area contributed by atoms with Crippen LogP contribution in [0.5, 0.6) is 5.75 Å². The number of aromatic nitrogens is 1. The van der Waals surface area contributed by atoms with Crippen molar-refractivity contribution in [1.82, 2.24) is 15.2 Å². The van der Waals surface area contributed by atoms with Gasteiger partial charge in [-0.2, -0.15) is 0 Å². The Kier molecular flexibility index (Phi) is 4.37. The summed E-state index contributed by atoms with van der Waals surface area (Å²) in [5.74, 6) is 0.512. The van der Waals surface area contributed by atoms with E-state index in [-0.39, 0.29) is 12.0 Å². The first-order valence-electron chi connectivity index (χ1n) is 6.72. The van der Waals surface area contributed by atoms with Gasteiger partial charge in [0.2, 0.25) is 0 Å². The second-order valence-corrected chi connectivity index (χ2v) is 5.12. The lowest BCUT2D eigenvalue weighted by Crippen LogP contribution is -2.51. The van der Waals surface area contributed by atoms with Crippen LogP contribution in [0.1, 0.15) is 31.3 Å². The number of amides is 1. The third kappa shape index (κ3) is 3.44. The van der Waals surface area contributed by atoms with E-state index < -0.39 is 0 Å². The van der Waals surface area contributed by atoms with Crippen molar-refractivity contribution in [1.29, 1.82) is 0 Å². The van der Waals surface area contributed by atoms with Crippen LogP contribution in [0.25, 0.3) is 0 Å². The van der Waals surface area contributed by atoms with Gasteiger partial charge in [-0.3, -0.25) is 4.79 Å². The Hall–Kier alpha value is -1.62. The lowest BCUT2D eigenvalue weighted by atomic mass is 10.2. The highest BCUT2D eigenvalue weighted by Crippen LogP contribution is 2.19. The Balaban J connectivity index is 2.18. The van der Waals surface area contributed by atoms with Gasteiger partial charge < -0.3 is 15.0 Å². The maximum atomic E-state index is 12.5. The predicted octanol–water partition coefficient (Wildman–Crippen LogP) is 1.30. The molecule has 0 bridgehead atoms. The molecule has 1 aromatic heterocycles. The van der Waals surface area contributed by atoms with Crippen molar-refractivity contribution in [3.05, 3.63) is 24.0 Å². The molecule has 1 aromatic rings. The van der Waals surface area contributed by atoms with Gasteiger partial charge in [0.15, 0.2) is 11.4 Å². The molecule has 0 spiro atoms. The Labute approximate surface area is 114 Å². The van der Waals surface area contributed by atoms with E-state index in [4.69, 9.17) is 4.74 Å². The standard InChI is InChI=1S/C14H21N3O2/c1-10(2)19-12-5-4-6-16-13(12)14(18)17-8-7-15-11(3)9-17/h4-6,10-11,15H,7-9H2,1-3H3. The molecule has 1 fully saturated rings. The van der Waals surface area contributed by atoms with Gasteiger partial charge in [0.1, 0.15) is 0 Å². The minimum atomic E-state index is -0.0513. The highest BCUT2D eigenvalue weighted by Gasteiger charge is 2.25. The predicted molar refractivity (Wildman–Crippen MR) is 73.4 cm³/mol. The molecule has 0 aromatic carbocycles. The molecule has 5 heteroatoms. The van der Waals surface area contributed by atoms with E-state index in [1.165, 1.54) is 0 Å². The second kappa shape index (κ2) is 6.02. The molecule has 2 rings (SSSR count). The Morgan fingerprint density at radius 1 is 1.58 bits per heavy atom. The monoisotopic (exact) mass is 263 g/mol. The first-order chi connectivity index (χ1) is 9.08. The minimum absolute atomic E-state index is 0.0256. The zero-order valence-electron chi connectivity index (χ0n) is 11.7. The Bertz CT molecular complexity index is 448. The van der Waals surface area contributed by atoms with Crippen LogP contribution in [0.4, 0.5) is 0 Å². The van der Waals surface area contributed by atoms with Crippen molar-refractivity contribution in [3.8, 4) is 5.75 Å². The summed E-state index contributed by atoms with van der Waals surface area (Å²) in [5, 5.41) is 3.32. The zero-order chi connectivity index (χ0) is 13.8. The molecule has 1 unspecified atom stereocenters. The van der Waals surface area contributed by atoms with Gasteiger partial charge in [-0.15, -0.1) is 0 Å². The van der Waals surface area contributed by atoms with Crippen molar-refractivity contribution in [2.45, 2.75) is 32.9 Å². The molecule has 0 aliphatic carbocycles.